The maximum atomic E-state index is 9.38. The molecule has 0 saturated heterocycles. The fourth-order valence-electron chi connectivity index (χ4n) is 3.25. The van der Waals surface area contributed by atoms with Gasteiger partial charge in [-0.3, -0.25) is 9.83 Å². The first-order valence-corrected chi connectivity index (χ1v) is 10.2. The largest absolute Gasteiger partial charge is 0.490 e. The Bertz CT molecular complexity index is 882. The zero-order valence-electron chi connectivity index (χ0n) is 18.1. The van der Waals surface area contributed by atoms with Crippen LogP contribution in [-0.4, -0.2) is 19.0 Å². The molecule has 0 aliphatic rings. The first kappa shape index (κ1) is 22.4. The standard InChI is InChI=1S/C24H31N3O2/c1-6-9-21-19(7-2)10-8-11-22(21)24(26-5)27-28-16-18-12-13-23(29-17(3)4)20(14-18)15-25/h8,10-14,17H,6-7,9,16H2,1-5H3,(H,26,27). The number of ether oxygens (including phenoxy) is 1. The second-order valence-corrected chi connectivity index (χ2v) is 7.12. The van der Waals surface area contributed by atoms with Crippen molar-refractivity contribution in [2.24, 2.45) is 4.99 Å². The van der Waals surface area contributed by atoms with E-state index >= 15 is 0 Å². The van der Waals surface area contributed by atoms with Crippen LogP contribution in [0, 0.1) is 11.3 Å². The molecule has 0 aliphatic carbocycles. The Morgan fingerprint density at radius 2 is 2.00 bits per heavy atom. The monoisotopic (exact) mass is 393 g/mol. The molecule has 2 aromatic rings. The average molecular weight is 394 g/mol. The lowest BCUT2D eigenvalue weighted by atomic mass is 9.95. The molecule has 0 heterocycles. The van der Waals surface area contributed by atoms with E-state index < -0.39 is 0 Å². The van der Waals surface area contributed by atoms with Crippen LogP contribution in [0.15, 0.2) is 41.4 Å². The van der Waals surface area contributed by atoms with Crippen molar-refractivity contribution in [3.8, 4) is 11.8 Å². The zero-order chi connectivity index (χ0) is 21.2. The van der Waals surface area contributed by atoms with E-state index in [0.29, 0.717) is 23.8 Å². The van der Waals surface area contributed by atoms with Crippen molar-refractivity contribution >= 4 is 5.84 Å². The van der Waals surface area contributed by atoms with E-state index in [4.69, 9.17) is 9.57 Å². The number of hydroxylamine groups is 1. The molecule has 0 radical (unpaired) electrons. The molecule has 0 amide bonds. The molecule has 1 N–H and O–H groups in total. The van der Waals surface area contributed by atoms with E-state index in [1.807, 2.05) is 26.0 Å². The van der Waals surface area contributed by atoms with Gasteiger partial charge in [-0.25, -0.2) is 5.48 Å². The summed E-state index contributed by atoms with van der Waals surface area (Å²) in [6.45, 7) is 8.54. The molecule has 154 valence electrons. The maximum absolute atomic E-state index is 9.38. The van der Waals surface area contributed by atoms with Crippen LogP contribution in [0.3, 0.4) is 0 Å². The zero-order valence-corrected chi connectivity index (χ0v) is 18.1. The van der Waals surface area contributed by atoms with E-state index in [-0.39, 0.29) is 6.10 Å². The molecule has 2 aromatic carbocycles. The highest BCUT2D eigenvalue weighted by molar-refractivity contribution is 5.99. The minimum Gasteiger partial charge on any atom is -0.490 e. The normalized spacial score (nSPS) is 11.4. The second-order valence-electron chi connectivity index (χ2n) is 7.12. The van der Waals surface area contributed by atoms with Crippen molar-refractivity contribution in [3.63, 3.8) is 0 Å². The molecule has 0 aliphatic heterocycles. The summed E-state index contributed by atoms with van der Waals surface area (Å²) >= 11 is 0. The van der Waals surface area contributed by atoms with E-state index in [2.05, 4.69) is 48.6 Å². The van der Waals surface area contributed by atoms with Crippen molar-refractivity contribution in [2.45, 2.75) is 59.7 Å². The van der Waals surface area contributed by atoms with E-state index in [1.54, 1.807) is 13.1 Å². The molecule has 0 spiro atoms. The molecule has 0 atom stereocenters. The summed E-state index contributed by atoms with van der Waals surface area (Å²) in [5, 5.41) is 9.38. The Morgan fingerprint density at radius 1 is 1.21 bits per heavy atom. The Labute approximate surface area is 174 Å². The highest BCUT2D eigenvalue weighted by Gasteiger charge is 2.12. The van der Waals surface area contributed by atoms with Gasteiger partial charge in [0.1, 0.15) is 11.8 Å². The molecule has 0 unspecified atom stereocenters. The lowest BCUT2D eigenvalue weighted by Gasteiger charge is -2.17. The summed E-state index contributed by atoms with van der Waals surface area (Å²) in [6.07, 6.45) is 3.08. The van der Waals surface area contributed by atoms with Gasteiger partial charge in [-0.1, -0.05) is 44.5 Å². The van der Waals surface area contributed by atoms with Crippen molar-refractivity contribution in [3.05, 3.63) is 64.2 Å². The van der Waals surface area contributed by atoms with Crippen LogP contribution in [0.4, 0.5) is 0 Å². The molecule has 29 heavy (non-hydrogen) atoms. The Hall–Kier alpha value is -2.84. The first-order chi connectivity index (χ1) is 14.0. The number of benzene rings is 2. The number of rotatable bonds is 9. The van der Waals surface area contributed by atoms with E-state index in [9.17, 15) is 5.26 Å². The molecular formula is C24H31N3O2. The molecule has 5 nitrogen and oxygen atoms in total. The molecule has 2 rings (SSSR count). The molecular weight excluding hydrogens is 362 g/mol. The number of aliphatic imine (C=N–C) groups is 1. The van der Waals surface area contributed by atoms with Gasteiger partial charge in [0, 0.05) is 12.6 Å². The summed E-state index contributed by atoms with van der Waals surface area (Å²) in [6, 6.07) is 14.0. The van der Waals surface area contributed by atoms with Crippen LogP contribution in [0.5, 0.6) is 5.75 Å². The molecule has 5 heteroatoms. The highest BCUT2D eigenvalue weighted by Crippen LogP contribution is 2.21. The molecule has 0 bridgehead atoms. The predicted molar refractivity (Wildman–Crippen MR) is 117 cm³/mol. The number of nitrogens with one attached hydrogen (secondary N) is 1. The minimum atomic E-state index is 0.0189. The smallest absolute Gasteiger partial charge is 0.152 e. The van der Waals surface area contributed by atoms with Gasteiger partial charge in [-0.15, -0.1) is 0 Å². The summed E-state index contributed by atoms with van der Waals surface area (Å²) in [5.41, 5.74) is 8.13. The van der Waals surface area contributed by atoms with Crippen molar-refractivity contribution in [1.82, 2.24) is 5.48 Å². The average Bonchev–Trinajstić information content (AvgIpc) is 2.72. The van der Waals surface area contributed by atoms with Gasteiger partial charge in [0.05, 0.1) is 18.3 Å². The summed E-state index contributed by atoms with van der Waals surface area (Å²) in [4.78, 5) is 10.1. The predicted octanol–water partition coefficient (Wildman–Crippen LogP) is 4.96. The molecule has 0 fully saturated rings. The lowest BCUT2D eigenvalue weighted by Crippen LogP contribution is -2.26. The van der Waals surface area contributed by atoms with Gasteiger partial charge >= 0.3 is 0 Å². The molecule has 0 saturated carbocycles. The van der Waals surface area contributed by atoms with Crippen molar-refractivity contribution in [1.29, 1.82) is 5.26 Å². The van der Waals surface area contributed by atoms with Crippen LogP contribution in [-0.2, 0) is 24.3 Å². The number of hydrogen-bond donors (Lipinski definition) is 1. The quantitative estimate of drug-likeness (QED) is 0.371. The van der Waals surface area contributed by atoms with Crippen LogP contribution in [0.25, 0.3) is 0 Å². The van der Waals surface area contributed by atoms with Crippen LogP contribution in [0.2, 0.25) is 0 Å². The van der Waals surface area contributed by atoms with E-state index in [0.717, 1.165) is 30.4 Å². The number of amidine groups is 1. The van der Waals surface area contributed by atoms with Gasteiger partial charge in [-0.2, -0.15) is 5.26 Å². The Kier molecular flexibility index (Phi) is 8.69. The number of nitriles is 1. The van der Waals surface area contributed by atoms with Crippen LogP contribution in [0.1, 0.15) is 61.9 Å². The number of hydrogen-bond acceptors (Lipinski definition) is 4. The van der Waals surface area contributed by atoms with Gasteiger partial charge < -0.3 is 4.74 Å². The number of nitrogens with zero attached hydrogens (tertiary/aromatic N) is 2. The molecule has 0 aromatic heterocycles. The SMILES string of the molecule is CCCc1c(CC)cccc1C(=NC)NOCc1ccc(OC(C)C)c(C#N)c1. The fraction of sp³-hybridized carbons (Fsp3) is 0.417. The summed E-state index contributed by atoms with van der Waals surface area (Å²) < 4.78 is 5.67. The Balaban J connectivity index is 2.11. The summed E-state index contributed by atoms with van der Waals surface area (Å²) in [5.74, 6) is 1.31. The van der Waals surface area contributed by atoms with Crippen LogP contribution < -0.4 is 10.2 Å². The van der Waals surface area contributed by atoms with Crippen molar-refractivity contribution in [2.75, 3.05) is 7.05 Å². The summed E-state index contributed by atoms with van der Waals surface area (Å²) in [7, 11) is 1.76. The first-order valence-electron chi connectivity index (χ1n) is 10.2. The van der Waals surface area contributed by atoms with Crippen molar-refractivity contribution < 1.29 is 9.57 Å². The van der Waals surface area contributed by atoms with Gasteiger partial charge in [0.25, 0.3) is 0 Å². The lowest BCUT2D eigenvalue weighted by molar-refractivity contribution is 0.0714. The topological polar surface area (TPSA) is 66.6 Å². The third-order valence-corrected chi connectivity index (χ3v) is 4.57. The highest BCUT2D eigenvalue weighted by atomic mass is 16.6. The van der Waals surface area contributed by atoms with Crippen LogP contribution >= 0.6 is 0 Å². The second kappa shape index (κ2) is 11.2. The Morgan fingerprint density at radius 3 is 2.62 bits per heavy atom. The minimum absolute atomic E-state index is 0.0189. The third-order valence-electron chi connectivity index (χ3n) is 4.57. The third kappa shape index (κ3) is 6.07. The van der Waals surface area contributed by atoms with Gasteiger partial charge in [0.15, 0.2) is 5.84 Å². The number of aryl methyl sites for hydroxylation is 1. The van der Waals surface area contributed by atoms with Gasteiger partial charge in [0.2, 0.25) is 0 Å². The fourth-order valence-corrected chi connectivity index (χ4v) is 3.25. The van der Waals surface area contributed by atoms with E-state index in [1.165, 1.54) is 11.1 Å². The maximum Gasteiger partial charge on any atom is 0.152 e. The van der Waals surface area contributed by atoms with Gasteiger partial charge in [-0.05, 0) is 55.5 Å².